The maximum atomic E-state index is 11.6. The second kappa shape index (κ2) is 6.83. The SMILES string of the molecule is C[C@H](NC=O)NC(=O)[C@H](C)NC(=O)OC(C)(C)C. The lowest BCUT2D eigenvalue weighted by atomic mass is 10.2. The highest BCUT2D eigenvalue weighted by Gasteiger charge is 2.21. The van der Waals surface area contributed by atoms with E-state index in [1.807, 2.05) is 0 Å². The van der Waals surface area contributed by atoms with Crippen molar-refractivity contribution in [2.45, 2.75) is 52.4 Å². The van der Waals surface area contributed by atoms with Gasteiger partial charge in [0, 0.05) is 0 Å². The third kappa shape index (κ3) is 7.48. The van der Waals surface area contributed by atoms with E-state index in [0.717, 1.165) is 0 Å². The van der Waals surface area contributed by atoms with Crippen molar-refractivity contribution < 1.29 is 19.1 Å². The van der Waals surface area contributed by atoms with Crippen molar-refractivity contribution in [2.24, 2.45) is 0 Å². The van der Waals surface area contributed by atoms with E-state index in [1.165, 1.54) is 6.92 Å². The molecule has 18 heavy (non-hydrogen) atoms. The zero-order valence-electron chi connectivity index (χ0n) is 11.4. The monoisotopic (exact) mass is 259 g/mol. The number of alkyl carbamates (subject to hydrolysis) is 1. The minimum atomic E-state index is -0.754. The van der Waals surface area contributed by atoms with Crippen LogP contribution in [0.1, 0.15) is 34.6 Å². The van der Waals surface area contributed by atoms with Crippen LogP contribution in [0.3, 0.4) is 0 Å². The van der Waals surface area contributed by atoms with Gasteiger partial charge in [0.2, 0.25) is 12.3 Å². The van der Waals surface area contributed by atoms with Crippen molar-refractivity contribution in [3.8, 4) is 0 Å². The molecular weight excluding hydrogens is 238 g/mol. The standard InChI is InChI=1S/C11H21N3O4/c1-7(9(16)14-8(2)12-6-15)13-10(17)18-11(3,4)5/h6-8H,1-5H3,(H,12,15)(H,13,17)(H,14,16)/t7-,8+/m0/s1. The van der Waals surface area contributed by atoms with E-state index in [0.29, 0.717) is 6.41 Å². The van der Waals surface area contributed by atoms with Gasteiger partial charge in [0.15, 0.2) is 0 Å². The molecule has 0 aromatic rings. The van der Waals surface area contributed by atoms with Crippen LogP contribution in [-0.2, 0) is 14.3 Å². The Morgan fingerprint density at radius 2 is 1.72 bits per heavy atom. The highest BCUT2D eigenvalue weighted by atomic mass is 16.6. The van der Waals surface area contributed by atoms with E-state index in [1.54, 1.807) is 27.7 Å². The van der Waals surface area contributed by atoms with Crippen molar-refractivity contribution in [3.63, 3.8) is 0 Å². The molecule has 7 heteroatoms. The minimum absolute atomic E-state index is 0.414. The molecular formula is C11H21N3O4. The van der Waals surface area contributed by atoms with Crippen LogP contribution in [0.2, 0.25) is 0 Å². The molecule has 0 aromatic heterocycles. The van der Waals surface area contributed by atoms with Gasteiger partial charge in [-0.1, -0.05) is 0 Å². The lowest BCUT2D eigenvalue weighted by Gasteiger charge is -2.22. The molecule has 0 bridgehead atoms. The average molecular weight is 259 g/mol. The van der Waals surface area contributed by atoms with Gasteiger partial charge in [-0.05, 0) is 34.6 Å². The quantitative estimate of drug-likeness (QED) is 0.482. The molecule has 7 nitrogen and oxygen atoms in total. The smallest absolute Gasteiger partial charge is 0.408 e. The average Bonchev–Trinajstić information content (AvgIpc) is 2.14. The number of hydrogen-bond donors (Lipinski definition) is 3. The molecule has 0 heterocycles. The number of nitrogens with one attached hydrogen (secondary N) is 3. The predicted octanol–water partition coefficient (Wildman–Crippen LogP) is 0.108. The molecule has 0 rings (SSSR count). The highest BCUT2D eigenvalue weighted by molar-refractivity contribution is 5.85. The number of rotatable bonds is 5. The number of hydrogen-bond acceptors (Lipinski definition) is 4. The summed E-state index contributed by atoms with van der Waals surface area (Å²) in [6.45, 7) is 8.31. The first kappa shape index (κ1) is 16.2. The van der Waals surface area contributed by atoms with Gasteiger partial charge in [-0.25, -0.2) is 4.79 Å². The summed E-state index contributed by atoms with van der Waals surface area (Å²) in [5.74, 6) is -0.414. The summed E-state index contributed by atoms with van der Waals surface area (Å²) in [6, 6.07) is -0.754. The van der Waals surface area contributed by atoms with E-state index < -0.39 is 29.8 Å². The van der Waals surface area contributed by atoms with Gasteiger partial charge in [0.25, 0.3) is 0 Å². The molecule has 0 aliphatic heterocycles. The van der Waals surface area contributed by atoms with E-state index in [-0.39, 0.29) is 0 Å². The van der Waals surface area contributed by atoms with Crippen molar-refractivity contribution in [1.29, 1.82) is 0 Å². The Hall–Kier alpha value is -1.79. The molecule has 0 aromatic carbocycles. The fourth-order valence-corrected chi connectivity index (χ4v) is 1.03. The molecule has 0 radical (unpaired) electrons. The van der Waals surface area contributed by atoms with Gasteiger partial charge in [-0.3, -0.25) is 9.59 Å². The third-order valence-corrected chi connectivity index (χ3v) is 1.80. The van der Waals surface area contributed by atoms with E-state index in [2.05, 4.69) is 16.0 Å². The summed E-state index contributed by atoms with van der Waals surface area (Å²) < 4.78 is 5.01. The van der Waals surface area contributed by atoms with E-state index in [4.69, 9.17) is 4.74 Å². The third-order valence-electron chi connectivity index (χ3n) is 1.80. The molecule has 0 fully saturated rings. The van der Waals surface area contributed by atoms with Crippen LogP contribution in [-0.4, -0.2) is 36.2 Å². The van der Waals surface area contributed by atoms with Crippen LogP contribution in [0.25, 0.3) is 0 Å². The Bertz CT molecular complexity index is 312. The predicted molar refractivity (Wildman–Crippen MR) is 65.6 cm³/mol. The first-order valence-electron chi connectivity index (χ1n) is 5.65. The number of amides is 3. The summed E-state index contributed by atoms with van der Waals surface area (Å²) in [6.07, 6.45) is -0.685. The molecule has 0 saturated heterocycles. The molecule has 2 atom stereocenters. The van der Waals surface area contributed by atoms with Crippen LogP contribution in [0.5, 0.6) is 0 Å². The zero-order valence-corrected chi connectivity index (χ0v) is 11.4. The van der Waals surface area contributed by atoms with Gasteiger partial charge in [0.1, 0.15) is 11.6 Å². The maximum Gasteiger partial charge on any atom is 0.408 e. The minimum Gasteiger partial charge on any atom is -0.444 e. The molecule has 0 spiro atoms. The summed E-state index contributed by atoms with van der Waals surface area (Å²) in [5, 5.41) is 7.26. The van der Waals surface area contributed by atoms with E-state index >= 15 is 0 Å². The largest absolute Gasteiger partial charge is 0.444 e. The molecule has 0 aliphatic rings. The second-order valence-electron chi connectivity index (χ2n) is 4.88. The Kier molecular flexibility index (Phi) is 6.15. The van der Waals surface area contributed by atoms with Crippen molar-refractivity contribution in [2.75, 3.05) is 0 Å². The lowest BCUT2D eigenvalue weighted by Crippen LogP contribution is -2.51. The van der Waals surface area contributed by atoms with Gasteiger partial charge in [0.05, 0.1) is 6.17 Å². The Balaban J connectivity index is 4.15. The van der Waals surface area contributed by atoms with Crippen LogP contribution in [0.4, 0.5) is 4.79 Å². The molecule has 0 saturated carbocycles. The van der Waals surface area contributed by atoms with Gasteiger partial charge < -0.3 is 20.7 Å². The first-order valence-corrected chi connectivity index (χ1v) is 5.65. The number of carbonyl (C=O) groups excluding carboxylic acids is 3. The fourth-order valence-electron chi connectivity index (χ4n) is 1.03. The van der Waals surface area contributed by atoms with Crippen LogP contribution < -0.4 is 16.0 Å². The van der Waals surface area contributed by atoms with Crippen molar-refractivity contribution in [1.82, 2.24) is 16.0 Å². The van der Waals surface area contributed by atoms with Crippen LogP contribution >= 0.6 is 0 Å². The summed E-state index contributed by atoms with van der Waals surface area (Å²) >= 11 is 0. The maximum absolute atomic E-state index is 11.6. The first-order chi connectivity index (χ1) is 8.15. The second-order valence-corrected chi connectivity index (χ2v) is 4.88. The summed E-state index contributed by atoms with van der Waals surface area (Å²) in [5.41, 5.74) is -0.618. The summed E-state index contributed by atoms with van der Waals surface area (Å²) in [7, 11) is 0. The molecule has 3 amide bonds. The van der Waals surface area contributed by atoms with Gasteiger partial charge in [-0.2, -0.15) is 0 Å². The lowest BCUT2D eigenvalue weighted by molar-refractivity contribution is -0.123. The Morgan fingerprint density at radius 1 is 1.17 bits per heavy atom. The normalized spacial score (nSPS) is 14.1. The Morgan fingerprint density at radius 3 is 2.17 bits per heavy atom. The highest BCUT2D eigenvalue weighted by Crippen LogP contribution is 2.06. The van der Waals surface area contributed by atoms with Crippen molar-refractivity contribution >= 4 is 18.4 Å². The molecule has 104 valence electrons. The molecule has 3 N–H and O–H groups in total. The fraction of sp³-hybridized carbons (Fsp3) is 0.727. The van der Waals surface area contributed by atoms with Crippen molar-refractivity contribution in [3.05, 3.63) is 0 Å². The topological polar surface area (TPSA) is 96.5 Å². The molecule has 0 unspecified atom stereocenters. The Labute approximate surface area is 107 Å². The number of ether oxygens (including phenoxy) is 1. The van der Waals surface area contributed by atoms with Gasteiger partial charge in [-0.15, -0.1) is 0 Å². The number of carbonyl (C=O) groups is 3. The summed E-state index contributed by atoms with van der Waals surface area (Å²) in [4.78, 5) is 33.1. The van der Waals surface area contributed by atoms with Crippen LogP contribution in [0, 0.1) is 0 Å². The van der Waals surface area contributed by atoms with Gasteiger partial charge >= 0.3 is 6.09 Å². The van der Waals surface area contributed by atoms with E-state index in [9.17, 15) is 14.4 Å². The van der Waals surface area contributed by atoms with Crippen LogP contribution in [0.15, 0.2) is 0 Å². The molecule has 0 aliphatic carbocycles. The zero-order chi connectivity index (χ0) is 14.3.